The maximum atomic E-state index is 12.5. The van der Waals surface area contributed by atoms with Crippen molar-refractivity contribution in [2.45, 2.75) is 52.1 Å². The van der Waals surface area contributed by atoms with Gasteiger partial charge < -0.3 is 15.7 Å². The summed E-state index contributed by atoms with van der Waals surface area (Å²) in [6.07, 6.45) is 4.26. The fourth-order valence-electron chi connectivity index (χ4n) is 2.71. The second-order valence-electron chi connectivity index (χ2n) is 6.03. The number of aliphatic hydroxyl groups excluding tert-OH is 1. The van der Waals surface area contributed by atoms with E-state index in [1.54, 1.807) is 11.8 Å². The van der Waals surface area contributed by atoms with E-state index in [2.05, 4.69) is 6.92 Å². The average molecular weight is 256 g/mol. The highest BCUT2D eigenvalue weighted by Gasteiger charge is 2.41. The lowest BCUT2D eigenvalue weighted by molar-refractivity contribution is -0.143. The van der Waals surface area contributed by atoms with Crippen molar-refractivity contribution in [2.24, 2.45) is 17.1 Å². The third-order valence-corrected chi connectivity index (χ3v) is 4.30. The monoisotopic (exact) mass is 256 g/mol. The number of hydrogen-bond donors (Lipinski definition) is 2. The van der Waals surface area contributed by atoms with Gasteiger partial charge >= 0.3 is 0 Å². The molecule has 1 rings (SSSR count). The van der Waals surface area contributed by atoms with Crippen LogP contribution >= 0.6 is 0 Å². The van der Waals surface area contributed by atoms with Crippen molar-refractivity contribution in [3.63, 3.8) is 0 Å². The molecule has 1 amide bonds. The van der Waals surface area contributed by atoms with Crippen LogP contribution < -0.4 is 5.73 Å². The van der Waals surface area contributed by atoms with Crippen molar-refractivity contribution in [3.05, 3.63) is 0 Å². The highest BCUT2D eigenvalue weighted by Crippen LogP contribution is 2.39. The van der Waals surface area contributed by atoms with Gasteiger partial charge in [0.2, 0.25) is 5.91 Å². The minimum atomic E-state index is -0.361. The Labute approximate surface area is 111 Å². The van der Waals surface area contributed by atoms with Gasteiger partial charge in [-0.3, -0.25) is 4.79 Å². The number of nitrogens with two attached hydrogens (primary N) is 1. The first-order chi connectivity index (χ1) is 8.41. The second kappa shape index (κ2) is 6.53. The van der Waals surface area contributed by atoms with Crippen LogP contribution in [0.15, 0.2) is 0 Å². The van der Waals surface area contributed by atoms with Crippen LogP contribution in [0, 0.1) is 11.3 Å². The molecule has 0 bridgehead atoms. The standard InChI is InChI=1S/C14H28N2O2/c1-11-4-7-14(10-15,8-5-11)13(18)16(3)9-6-12(2)17/h11-12,17H,4-10,15H2,1-3H3. The lowest BCUT2D eigenvalue weighted by Crippen LogP contribution is -2.49. The quantitative estimate of drug-likeness (QED) is 0.781. The fraction of sp³-hybridized carbons (Fsp3) is 0.929. The smallest absolute Gasteiger partial charge is 0.229 e. The Kier molecular flexibility index (Phi) is 5.60. The van der Waals surface area contributed by atoms with Gasteiger partial charge in [0, 0.05) is 20.1 Å². The van der Waals surface area contributed by atoms with Gasteiger partial charge in [-0.2, -0.15) is 0 Å². The van der Waals surface area contributed by atoms with E-state index in [9.17, 15) is 9.90 Å². The number of carbonyl (C=O) groups excluding carboxylic acids is 1. The van der Waals surface area contributed by atoms with E-state index >= 15 is 0 Å². The Morgan fingerprint density at radius 1 is 1.50 bits per heavy atom. The lowest BCUT2D eigenvalue weighted by atomic mass is 9.70. The predicted molar refractivity (Wildman–Crippen MR) is 73.1 cm³/mol. The molecule has 0 spiro atoms. The number of nitrogens with zero attached hydrogens (tertiary/aromatic N) is 1. The number of hydrogen-bond acceptors (Lipinski definition) is 3. The number of aliphatic hydroxyl groups is 1. The highest BCUT2D eigenvalue weighted by atomic mass is 16.3. The summed E-state index contributed by atoms with van der Waals surface area (Å²) < 4.78 is 0. The SMILES string of the molecule is CC(O)CCN(C)C(=O)C1(CN)CCC(C)CC1. The zero-order valence-corrected chi connectivity index (χ0v) is 12.0. The molecular weight excluding hydrogens is 228 g/mol. The molecule has 1 unspecified atom stereocenters. The van der Waals surface area contributed by atoms with Gasteiger partial charge in [0.1, 0.15) is 0 Å². The molecule has 18 heavy (non-hydrogen) atoms. The van der Waals surface area contributed by atoms with Gasteiger partial charge in [-0.1, -0.05) is 6.92 Å². The van der Waals surface area contributed by atoms with Crippen molar-refractivity contribution < 1.29 is 9.90 Å². The van der Waals surface area contributed by atoms with Crippen LogP contribution in [0.2, 0.25) is 0 Å². The van der Waals surface area contributed by atoms with E-state index in [-0.39, 0.29) is 17.4 Å². The Hall–Kier alpha value is -0.610. The van der Waals surface area contributed by atoms with Crippen LogP contribution in [0.3, 0.4) is 0 Å². The summed E-state index contributed by atoms with van der Waals surface area (Å²) in [6, 6.07) is 0. The third-order valence-electron chi connectivity index (χ3n) is 4.30. The molecule has 0 aromatic heterocycles. The van der Waals surface area contributed by atoms with E-state index in [1.807, 2.05) is 7.05 Å². The van der Waals surface area contributed by atoms with E-state index in [0.29, 0.717) is 25.4 Å². The molecule has 4 heteroatoms. The number of rotatable bonds is 5. The van der Waals surface area contributed by atoms with Crippen molar-refractivity contribution in [2.75, 3.05) is 20.1 Å². The molecule has 4 nitrogen and oxygen atoms in total. The molecule has 106 valence electrons. The molecule has 0 heterocycles. The van der Waals surface area contributed by atoms with Gasteiger partial charge in [-0.25, -0.2) is 0 Å². The van der Waals surface area contributed by atoms with Gasteiger partial charge in [0.25, 0.3) is 0 Å². The summed E-state index contributed by atoms with van der Waals surface area (Å²) in [5.74, 6) is 0.873. The summed E-state index contributed by atoms with van der Waals surface area (Å²) in [7, 11) is 1.82. The van der Waals surface area contributed by atoms with Crippen molar-refractivity contribution >= 4 is 5.91 Å². The summed E-state index contributed by atoms with van der Waals surface area (Å²) in [6.45, 7) is 5.03. The number of carbonyl (C=O) groups is 1. The normalized spacial score (nSPS) is 29.9. The Morgan fingerprint density at radius 3 is 2.50 bits per heavy atom. The van der Waals surface area contributed by atoms with Crippen LogP contribution in [-0.2, 0) is 4.79 Å². The highest BCUT2D eigenvalue weighted by molar-refractivity contribution is 5.82. The predicted octanol–water partition coefficient (Wildman–Crippen LogP) is 1.37. The van der Waals surface area contributed by atoms with E-state index < -0.39 is 0 Å². The first-order valence-electron chi connectivity index (χ1n) is 7.05. The molecule has 0 aromatic rings. The molecule has 1 fully saturated rings. The fourth-order valence-corrected chi connectivity index (χ4v) is 2.71. The third kappa shape index (κ3) is 3.69. The van der Waals surface area contributed by atoms with Gasteiger partial charge in [-0.15, -0.1) is 0 Å². The van der Waals surface area contributed by atoms with E-state index in [1.165, 1.54) is 0 Å². The Balaban J connectivity index is 2.61. The van der Waals surface area contributed by atoms with Crippen LogP contribution in [0.25, 0.3) is 0 Å². The van der Waals surface area contributed by atoms with Crippen LogP contribution in [-0.4, -0.2) is 42.2 Å². The molecule has 1 aliphatic rings. The molecule has 0 aromatic carbocycles. The second-order valence-corrected chi connectivity index (χ2v) is 6.03. The largest absolute Gasteiger partial charge is 0.393 e. The first-order valence-corrected chi connectivity index (χ1v) is 7.05. The molecule has 1 aliphatic carbocycles. The van der Waals surface area contributed by atoms with E-state index in [0.717, 1.165) is 25.7 Å². The van der Waals surface area contributed by atoms with Crippen LogP contribution in [0.4, 0.5) is 0 Å². The van der Waals surface area contributed by atoms with Crippen molar-refractivity contribution in [1.29, 1.82) is 0 Å². The van der Waals surface area contributed by atoms with Crippen molar-refractivity contribution in [1.82, 2.24) is 4.90 Å². The summed E-state index contributed by atoms with van der Waals surface area (Å²) in [5, 5.41) is 9.29. The zero-order valence-electron chi connectivity index (χ0n) is 12.0. The maximum absolute atomic E-state index is 12.5. The molecule has 1 atom stereocenters. The maximum Gasteiger partial charge on any atom is 0.229 e. The topological polar surface area (TPSA) is 66.6 Å². The summed E-state index contributed by atoms with van der Waals surface area (Å²) >= 11 is 0. The minimum absolute atomic E-state index is 0.164. The Morgan fingerprint density at radius 2 is 2.06 bits per heavy atom. The number of amides is 1. The van der Waals surface area contributed by atoms with Gasteiger partial charge in [-0.05, 0) is 44.9 Å². The summed E-state index contributed by atoms with van der Waals surface area (Å²) in [5.41, 5.74) is 5.53. The molecule has 1 saturated carbocycles. The molecule has 3 N–H and O–H groups in total. The molecule has 0 saturated heterocycles. The molecule has 0 aliphatic heterocycles. The van der Waals surface area contributed by atoms with Crippen LogP contribution in [0.5, 0.6) is 0 Å². The van der Waals surface area contributed by atoms with E-state index in [4.69, 9.17) is 5.73 Å². The van der Waals surface area contributed by atoms with Crippen molar-refractivity contribution in [3.8, 4) is 0 Å². The average Bonchev–Trinajstić information content (AvgIpc) is 2.36. The molecule has 0 radical (unpaired) electrons. The summed E-state index contributed by atoms with van der Waals surface area (Å²) in [4.78, 5) is 14.3. The minimum Gasteiger partial charge on any atom is -0.393 e. The first kappa shape index (κ1) is 15.4. The van der Waals surface area contributed by atoms with Gasteiger partial charge in [0.05, 0.1) is 11.5 Å². The Bertz CT molecular complexity index is 271. The van der Waals surface area contributed by atoms with Crippen LogP contribution in [0.1, 0.15) is 46.0 Å². The lowest BCUT2D eigenvalue weighted by Gasteiger charge is -2.39. The molecular formula is C14H28N2O2. The van der Waals surface area contributed by atoms with Gasteiger partial charge in [0.15, 0.2) is 0 Å². The zero-order chi connectivity index (χ0) is 13.8.